The third kappa shape index (κ3) is 4.58. The minimum Gasteiger partial charge on any atom is -0.508 e. The summed E-state index contributed by atoms with van der Waals surface area (Å²) in [7, 11) is 2.06. The van der Waals surface area contributed by atoms with Crippen LogP contribution in [-0.4, -0.2) is 71.4 Å². The molecular formula is C32H30ClF2N5O2. The van der Waals surface area contributed by atoms with Gasteiger partial charge in [-0.25, -0.2) is 8.78 Å². The lowest BCUT2D eigenvalue weighted by Crippen LogP contribution is -2.51. The molecule has 3 aliphatic rings. The summed E-state index contributed by atoms with van der Waals surface area (Å²) in [4.78, 5) is 13.7. The maximum Gasteiger partial charge on any atom is 0.319 e. The zero-order valence-corrected chi connectivity index (χ0v) is 23.9. The minimum absolute atomic E-state index is 0.0290. The zero-order valence-electron chi connectivity index (χ0n) is 23.1. The van der Waals surface area contributed by atoms with Gasteiger partial charge in [-0.1, -0.05) is 23.6 Å². The van der Waals surface area contributed by atoms with E-state index in [4.69, 9.17) is 27.7 Å². The third-order valence-electron chi connectivity index (χ3n) is 8.90. The molecule has 0 saturated carbocycles. The van der Waals surface area contributed by atoms with Gasteiger partial charge in [0.05, 0.1) is 10.6 Å². The molecule has 0 aliphatic carbocycles. The molecule has 10 heteroatoms. The summed E-state index contributed by atoms with van der Waals surface area (Å²) in [6, 6.07) is 8.13. The molecule has 3 atom stereocenters. The number of likely N-dealkylation sites (tertiary alicyclic amines) is 1. The number of likely N-dealkylation sites (N-methyl/N-ethyl adjacent to an activating group) is 1. The zero-order chi connectivity index (χ0) is 29.1. The van der Waals surface area contributed by atoms with Crippen molar-refractivity contribution in [1.82, 2.24) is 20.2 Å². The van der Waals surface area contributed by atoms with Gasteiger partial charge >= 0.3 is 6.01 Å². The molecule has 7 rings (SSSR count). The molecule has 3 unspecified atom stereocenters. The van der Waals surface area contributed by atoms with Crippen molar-refractivity contribution in [3.63, 3.8) is 0 Å². The Kier molecular flexibility index (Phi) is 6.81. The van der Waals surface area contributed by atoms with Gasteiger partial charge in [0.1, 0.15) is 29.5 Å². The monoisotopic (exact) mass is 589 g/mol. The highest BCUT2D eigenvalue weighted by atomic mass is 35.5. The second-order valence-electron chi connectivity index (χ2n) is 11.6. The fraction of sp³-hybridized carbons (Fsp3) is 0.375. The van der Waals surface area contributed by atoms with E-state index in [9.17, 15) is 9.50 Å². The van der Waals surface area contributed by atoms with Gasteiger partial charge in [-0.3, -0.25) is 0 Å². The number of hydrogen-bond donors (Lipinski definition) is 2. The number of halogens is 3. The highest BCUT2D eigenvalue weighted by Crippen LogP contribution is 2.44. The van der Waals surface area contributed by atoms with Gasteiger partial charge < -0.3 is 25.0 Å². The molecule has 4 heterocycles. The van der Waals surface area contributed by atoms with E-state index in [-0.39, 0.29) is 50.4 Å². The number of nitrogens with one attached hydrogen (secondary N) is 1. The Hall–Kier alpha value is -3.71. The normalized spacial score (nSPS) is 22.3. The van der Waals surface area contributed by atoms with Gasteiger partial charge in [-0.05, 0) is 74.5 Å². The summed E-state index contributed by atoms with van der Waals surface area (Å²) >= 11 is 6.82. The van der Waals surface area contributed by atoms with E-state index in [1.807, 2.05) is 0 Å². The smallest absolute Gasteiger partial charge is 0.319 e. The van der Waals surface area contributed by atoms with Crippen molar-refractivity contribution in [2.24, 2.45) is 0 Å². The summed E-state index contributed by atoms with van der Waals surface area (Å²) in [6.07, 6.45) is 9.91. The van der Waals surface area contributed by atoms with E-state index in [1.54, 1.807) is 6.07 Å². The first kappa shape index (κ1) is 27.1. The number of anilines is 1. The summed E-state index contributed by atoms with van der Waals surface area (Å²) < 4.78 is 37.7. The summed E-state index contributed by atoms with van der Waals surface area (Å²) in [6.45, 7) is 2.82. The molecule has 42 heavy (non-hydrogen) atoms. The first-order valence-corrected chi connectivity index (χ1v) is 14.6. The lowest BCUT2D eigenvalue weighted by Gasteiger charge is -2.34. The topological polar surface area (TPSA) is 73.8 Å². The van der Waals surface area contributed by atoms with Crippen LogP contribution >= 0.6 is 11.6 Å². The standard InChI is InChI=1S/C32H30ClF2N5O2/c1-3-22-26(34)9-6-17-11-21(41)12-23(27(17)22)28-25(33)13-24-30(29(28)35)37-32(42-16-20-5-4-10-39(20)2)38-31(24)40-14-18-7-8-19(15-40)36-18/h1,6,9,11-13,18-20,36,41H,4-5,7-8,10,14-16H2,2H3. The van der Waals surface area contributed by atoms with E-state index >= 15 is 4.39 Å². The molecular weight excluding hydrogens is 560 g/mol. The van der Waals surface area contributed by atoms with Gasteiger partial charge in [0, 0.05) is 47.6 Å². The van der Waals surface area contributed by atoms with Crippen molar-refractivity contribution in [2.45, 2.75) is 43.8 Å². The first-order chi connectivity index (χ1) is 20.3. The lowest BCUT2D eigenvalue weighted by atomic mass is 9.93. The van der Waals surface area contributed by atoms with Crippen molar-refractivity contribution in [2.75, 3.05) is 38.2 Å². The number of terminal acetylenes is 1. The summed E-state index contributed by atoms with van der Waals surface area (Å²) in [5.41, 5.74) is 0.147. The van der Waals surface area contributed by atoms with Crippen molar-refractivity contribution >= 4 is 39.1 Å². The number of ether oxygens (including phenoxy) is 1. The number of phenolic OH excluding ortho intramolecular Hbond substituents is 1. The predicted molar refractivity (Wildman–Crippen MR) is 160 cm³/mol. The molecule has 0 amide bonds. The molecule has 0 spiro atoms. The van der Waals surface area contributed by atoms with Gasteiger partial charge in [-0.15, -0.1) is 6.42 Å². The van der Waals surface area contributed by atoms with Crippen LogP contribution in [-0.2, 0) is 0 Å². The van der Waals surface area contributed by atoms with Crippen LogP contribution in [0.2, 0.25) is 5.02 Å². The molecule has 4 aromatic rings. The molecule has 0 radical (unpaired) electrons. The van der Waals surface area contributed by atoms with Crippen LogP contribution in [0, 0.1) is 24.0 Å². The number of aromatic hydroxyl groups is 1. The number of piperazine rings is 1. The quantitative estimate of drug-likeness (QED) is 0.299. The van der Waals surface area contributed by atoms with Gasteiger partial charge in [-0.2, -0.15) is 9.97 Å². The third-order valence-corrected chi connectivity index (χ3v) is 9.20. The molecule has 2 bridgehead atoms. The van der Waals surface area contributed by atoms with Crippen molar-refractivity contribution < 1.29 is 18.6 Å². The Morgan fingerprint density at radius 2 is 1.93 bits per heavy atom. The lowest BCUT2D eigenvalue weighted by molar-refractivity contribution is 0.188. The fourth-order valence-corrected chi connectivity index (χ4v) is 7.10. The Balaban J connectivity index is 1.43. The maximum absolute atomic E-state index is 16.8. The first-order valence-electron chi connectivity index (χ1n) is 14.3. The highest BCUT2D eigenvalue weighted by Gasteiger charge is 2.34. The number of fused-ring (bicyclic) bond motifs is 4. The molecule has 216 valence electrons. The van der Waals surface area contributed by atoms with Crippen LogP contribution in [0.15, 0.2) is 30.3 Å². The maximum atomic E-state index is 16.8. The molecule has 7 nitrogen and oxygen atoms in total. The van der Waals surface area contributed by atoms with Crippen LogP contribution in [0.25, 0.3) is 32.8 Å². The largest absolute Gasteiger partial charge is 0.508 e. The minimum atomic E-state index is -0.721. The number of rotatable bonds is 5. The van der Waals surface area contributed by atoms with Gasteiger partial charge in [0.2, 0.25) is 0 Å². The molecule has 2 N–H and O–H groups in total. The van der Waals surface area contributed by atoms with Crippen molar-refractivity contribution in [3.05, 3.63) is 52.6 Å². The number of hydrogen-bond acceptors (Lipinski definition) is 7. The highest BCUT2D eigenvalue weighted by molar-refractivity contribution is 6.35. The number of nitrogens with zero attached hydrogens (tertiary/aromatic N) is 4. The summed E-state index contributed by atoms with van der Waals surface area (Å²) in [5.74, 6) is 1.47. The second-order valence-corrected chi connectivity index (χ2v) is 12.0. The van der Waals surface area contributed by atoms with Gasteiger partial charge in [0.25, 0.3) is 0 Å². The van der Waals surface area contributed by atoms with E-state index in [0.29, 0.717) is 35.3 Å². The SMILES string of the molecule is C#Cc1c(F)ccc2cc(O)cc(-c3c(Cl)cc4c(N5CC6CCC(C5)N6)nc(OCC5CCCN5C)nc4c3F)c12. The van der Waals surface area contributed by atoms with Crippen LogP contribution in [0.3, 0.4) is 0 Å². The molecule has 3 saturated heterocycles. The van der Waals surface area contributed by atoms with E-state index in [0.717, 1.165) is 45.3 Å². The predicted octanol–water partition coefficient (Wildman–Crippen LogP) is 5.48. The fourth-order valence-electron chi connectivity index (χ4n) is 6.81. The average Bonchev–Trinajstić information content (AvgIpc) is 3.54. The molecule has 1 aromatic heterocycles. The van der Waals surface area contributed by atoms with Crippen molar-refractivity contribution in [3.8, 4) is 35.2 Å². The van der Waals surface area contributed by atoms with Crippen LogP contribution < -0.4 is 15.0 Å². The number of benzene rings is 3. The molecule has 3 aliphatic heterocycles. The van der Waals surface area contributed by atoms with E-state index in [1.165, 1.54) is 24.3 Å². The van der Waals surface area contributed by atoms with Gasteiger partial charge in [0.15, 0.2) is 5.82 Å². The Bertz CT molecular complexity index is 1760. The number of phenols is 1. The number of aromatic nitrogens is 2. The van der Waals surface area contributed by atoms with Crippen LogP contribution in [0.1, 0.15) is 31.2 Å². The van der Waals surface area contributed by atoms with Crippen LogP contribution in [0.5, 0.6) is 11.8 Å². The Labute approximate surface area is 247 Å². The van der Waals surface area contributed by atoms with E-state index < -0.39 is 11.6 Å². The van der Waals surface area contributed by atoms with E-state index in [2.05, 4.69) is 33.1 Å². The second kappa shape index (κ2) is 10.5. The summed E-state index contributed by atoms with van der Waals surface area (Å²) in [5, 5.41) is 15.4. The average molecular weight is 590 g/mol. The Morgan fingerprint density at radius 1 is 1.14 bits per heavy atom. The molecule has 3 fully saturated rings. The van der Waals surface area contributed by atoms with Crippen LogP contribution in [0.4, 0.5) is 14.6 Å². The van der Waals surface area contributed by atoms with Crippen molar-refractivity contribution in [1.29, 1.82) is 0 Å². The molecule has 3 aromatic carbocycles. The Morgan fingerprint density at radius 3 is 2.64 bits per heavy atom.